The molecule has 3 rings (SSSR count). The molecule has 1 aliphatic heterocycles. The molecule has 8 nitrogen and oxygen atoms in total. The van der Waals surface area contributed by atoms with Gasteiger partial charge in [-0.3, -0.25) is 9.89 Å². The first-order valence-electron chi connectivity index (χ1n) is 8.60. The SMILES string of the molecule is CCc1noc(C)c1C(=O)N1CCO[C@H](c2nc(C(C)(C)C)n[nH]2)C1. The van der Waals surface area contributed by atoms with Gasteiger partial charge in [0.1, 0.15) is 17.4 Å². The number of nitrogens with one attached hydrogen (secondary N) is 1. The fourth-order valence-corrected chi connectivity index (χ4v) is 2.84. The number of rotatable bonds is 3. The second-order valence-electron chi connectivity index (χ2n) is 7.32. The van der Waals surface area contributed by atoms with Gasteiger partial charge < -0.3 is 14.2 Å². The van der Waals surface area contributed by atoms with Crippen LogP contribution in [0.3, 0.4) is 0 Å². The number of ether oxygens (including phenoxy) is 1. The molecule has 0 radical (unpaired) electrons. The van der Waals surface area contributed by atoms with Crippen LogP contribution in [0.4, 0.5) is 0 Å². The van der Waals surface area contributed by atoms with Crippen molar-refractivity contribution in [1.82, 2.24) is 25.2 Å². The van der Waals surface area contributed by atoms with Gasteiger partial charge in [-0.15, -0.1) is 0 Å². The molecule has 1 amide bonds. The third-order valence-corrected chi connectivity index (χ3v) is 4.31. The molecule has 8 heteroatoms. The van der Waals surface area contributed by atoms with Gasteiger partial charge in [0.15, 0.2) is 11.6 Å². The van der Waals surface area contributed by atoms with Crippen molar-refractivity contribution >= 4 is 5.91 Å². The molecule has 0 saturated carbocycles. The Balaban J connectivity index is 1.78. The average molecular weight is 347 g/mol. The largest absolute Gasteiger partial charge is 0.367 e. The van der Waals surface area contributed by atoms with E-state index in [2.05, 4.69) is 41.1 Å². The highest BCUT2D eigenvalue weighted by molar-refractivity contribution is 5.96. The molecule has 1 atom stereocenters. The van der Waals surface area contributed by atoms with Crippen LogP contribution in [-0.2, 0) is 16.6 Å². The Morgan fingerprint density at radius 2 is 2.16 bits per heavy atom. The smallest absolute Gasteiger partial charge is 0.259 e. The molecular formula is C17H25N5O3. The molecule has 0 bridgehead atoms. The van der Waals surface area contributed by atoms with E-state index in [-0.39, 0.29) is 17.4 Å². The van der Waals surface area contributed by atoms with E-state index in [1.165, 1.54) is 0 Å². The van der Waals surface area contributed by atoms with Crippen LogP contribution in [0.25, 0.3) is 0 Å². The number of H-pyrrole nitrogens is 1. The lowest BCUT2D eigenvalue weighted by Gasteiger charge is -2.31. The summed E-state index contributed by atoms with van der Waals surface area (Å²) in [5.74, 6) is 1.87. The fourth-order valence-electron chi connectivity index (χ4n) is 2.84. The molecule has 0 spiro atoms. The maximum absolute atomic E-state index is 12.9. The monoisotopic (exact) mass is 347 g/mol. The molecule has 1 fully saturated rings. The highest BCUT2D eigenvalue weighted by atomic mass is 16.5. The van der Waals surface area contributed by atoms with Crippen molar-refractivity contribution in [1.29, 1.82) is 0 Å². The van der Waals surface area contributed by atoms with E-state index in [1.807, 2.05) is 6.92 Å². The van der Waals surface area contributed by atoms with Gasteiger partial charge in [-0.05, 0) is 13.3 Å². The van der Waals surface area contributed by atoms with Crippen LogP contribution in [0.15, 0.2) is 4.52 Å². The van der Waals surface area contributed by atoms with E-state index in [0.717, 1.165) is 5.82 Å². The molecule has 2 aromatic rings. The number of aromatic amines is 1. The summed E-state index contributed by atoms with van der Waals surface area (Å²) < 4.78 is 11.0. The van der Waals surface area contributed by atoms with Gasteiger partial charge in [0, 0.05) is 12.0 Å². The van der Waals surface area contributed by atoms with Crippen LogP contribution in [0.1, 0.15) is 67.3 Å². The Morgan fingerprint density at radius 1 is 1.40 bits per heavy atom. The molecule has 136 valence electrons. The number of hydrogen-bond donors (Lipinski definition) is 1. The summed E-state index contributed by atoms with van der Waals surface area (Å²) in [5, 5.41) is 11.2. The summed E-state index contributed by atoms with van der Waals surface area (Å²) in [7, 11) is 0. The summed E-state index contributed by atoms with van der Waals surface area (Å²) >= 11 is 0. The topological polar surface area (TPSA) is 97.1 Å². The maximum atomic E-state index is 12.9. The molecule has 3 heterocycles. The van der Waals surface area contributed by atoms with Crippen molar-refractivity contribution < 1.29 is 14.1 Å². The Bertz CT molecular complexity index is 759. The number of carbonyl (C=O) groups excluding carboxylic acids is 1. The molecule has 0 aromatic carbocycles. The molecule has 1 N–H and O–H groups in total. The van der Waals surface area contributed by atoms with Gasteiger partial charge in [-0.1, -0.05) is 32.9 Å². The molecule has 25 heavy (non-hydrogen) atoms. The van der Waals surface area contributed by atoms with Crippen molar-refractivity contribution in [3.63, 3.8) is 0 Å². The van der Waals surface area contributed by atoms with Gasteiger partial charge in [0.2, 0.25) is 0 Å². The van der Waals surface area contributed by atoms with Crippen LogP contribution < -0.4 is 0 Å². The van der Waals surface area contributed by atoms with Crippen LogP contribution in [0, 0.1) is 6.92 Å². The van der Waals surface area contributed by atoms with Crippen molar-refractivity contribution in [3.8, 4) is 0 Å². The first-order chi connectivity index (χ1) is 11.8. The normalized spacial score (nSPS) is 18.6. The minimum atomic E-state index is -0.313. The lowest BCUT2D eigenvalue weighted by molar-refractivity contribution is -0.0267. The number of aryl methyl sites for hydroxylation is 2. The highest BCUT2D eigenvalue weighted by Crippen LogP contribution is 2.25. The Kier molecular flexibility index (Phi) is 4.64. The van der Waals surface area contributed by atoms with Gasteiger partial charge in [0.05, 0.1) is 18.8 Å². The van der Waals surface area contributed by atoms with E-state index < -0.39 is 0 Å². The Labute approximate surface area is 146 Å². The Hall–Kier alpha value is -2.22. The summed E-state index contributed by atoms with van der Waals surface area (Å²) in [6.45, 7) is 11.3. The summed E-state index contributed by atoms with van der Waals surface area (Å²) in [5.41, 5.74) is 1.12. The third-order valence-electron chi connectivity index (χ3n) is 4.31. The minimum Gasteiger partial charge on any atom is -0.367 e. The molecule has 1 aliphatic rings. The van der Waals surface area contributed by atoms with E-state index in [1.54, 1.807) is 11.8 Å². The predicted octanol–water partition coefficient (Wildman–Crippen LogP) is 2.17. The molecule has 0 unspecified atom stereocenters. The summed E-state index contributed by atoms with van der Waals surface area (Å²) in [6, 6.07) is 0. The van der Waals surface area contributed by atoms with E-state index in [9.17, 15) is 4.79 Å². The first-order valence-corrected chi connectivity index (χ1v) is 8.60. The third kappa shape index (κ3) is 3.44. The van der Waals surface area contributed by atoms with Crippen molar-refractivity contribution in [3.05, 3.63) is 28.7 Å². The molecule has 2 aromatic heterocycles. The second kappa shape index (κ2) is 6.59. The Morgan fingerprint density at radius 3 is 2.80 bits per heavy atom. The zero-order chi connectivity index (χ0) is 18.2. The second-order valence-corrected chi connectivity index (χ2v) is 7.32. The average Bonchev–Trinajstić information content (AvgIpc) is 3.20. The van der Waals surface area contributed by atoms with Crippen LogP contribution >= 0.6 is 0 Å². The van der Waals surface area contributed by atoms with Crippen LogP contribution in [0.2, 0.25) is 0 Å². The van der Waals surface area contributed by atoms with Crippen molar-refractivity contribution in [2.24, 2.45) is 0 Å². The predicted molar refractivity (Wildman–Crippen MR) is 90.3 cm³/mol. The number of aromatic nitrogens is 4. The van der Waals surface area contributed by atoms with Crippen molar-refractivity contribution in [2.45, 2.75) is 52.6 Å². The quantitative estimate of drug-likeness (QED) is 0.914. The molecule has 1 saturated heterocycles. The van der Waals surface area contributed by atoms with Gasteiger partial charge in [-0.25, -0.2) is 4.98 Å². The molecular weight excluding hydrogens is 322 g/mol. The summed E-state index contributed by atoms with van der Waals surface area (Å²) in [4.78, 5) is 19.2. The number of hydrogen-bond acceptors (Lipinski definition) is 6. The van der Waals surface area contributed by atoms with Gasteiger partial charge in [-0.2, -0.15) is 5.10 Å². The maximum Gasteiger partial charge on any atom is 0.259 e. The van der Waals surface area contributed by atoms with E-state index in [4.69, 9.17) is 9.26 Å². The minimum absolute atomic E-state index is 0.0699. The van der Waals surface area contributed by atoms with Crippen molar-refractivity contribution in [2.75, 3.05) is 19.7 Å². The van der Waals surface area contributed by atoms with Gasteiger partial charge in [0.25, 0.3) is 5.91 Å². The standard InChI is InChI=1S/C17H25N5O3/c1-6-11-13(10(2)25-21-11)15(23)22-7-8-24-12(9-22)14-18-16(20-19-14)17(3,4)5/h12H,6-9H2,1-5H3,(H,18,19,20)/t12-/m0/s1. The fraction of sp³-hybridized carbons (Fsp3) is 0.647. The lowest BCUT2D eigenvalue weighted by Crippen LogP contribution is -2.43. The number of amides is 1. The highest BCUT2D eigenvalue weighted by Gasteiger charge is 2.32. The number of morpholine rings is 1. The van der Waals surface area contributed by atoms with E-state index >= 15 is 0 Å². The molecule has 0 aliphatic carbocycles. The van der Waals surface area contributed by atoms with E-state index in [0.29, 0.717) is 49.0 Å². The van der Waals surface area contributed by atoms with Crippen LogP contribution in [0.5, 0.6) is 0 Å². The lowest BCUT2D eigenvalue weighted by atomic mass is 9.96. The summed E-state index contributed by atoms with van der Waals surface area (Å²) in [6.07, 6.45) is 0.343. The first kappa shape index (κ1) is 17.6. The zero-order valence-electron chi connectivity index (χ0n) is 15.4. The van der Waals surface area contributed by atoms with Gasteiger partial charge >= 0.3 is 0 Å². The zero-order valence-corrected chi connectivity index (χ0v) is 15.4. The number of nitrogens with zero attached hydrogens (tertiary/aromatic N) is 4. The number of carbonyl (C=O) groups is 1. The van der Waals surface area contributed by atoms with Crippen LogP contribution in [-0.4, -0.2) is 50.8 Å².